The molecule has 0 bridgehead atoms. The number of furan rings is 1. The average molecular weight is 196 g/mol. The Hall–Kier alpha value is -0.800. The van der Waals surface area contributed by atoms with E-state index in [4.69, 9.17) is 10.2 Å². The highest BCUT2D eigenvalue weighted by molar-refractivity contribution is 5.06. The van der Waals surface area contributed by atoms with Crippen molar-refractivity contribution in [1.82, 2.24) is 4.90 Å². The molecule has 0 aliphatic carbocycles. The minimum absolute atomic E-state index is 0.479. The van der Waals surface area contributed by atoms with Crippen LogP contribution in [0.1, 0.15) is 31.8 Å². The fraction of sp³-hybridized carbons (Fsp3) is 0.636. The van der Waals surface area contributed by atoms with Crippen LogP contribution in [0.2, 0.25) is 0 Å². The van der Waals surface area contributed by atoms with Crippen molar-refractivity contribution < 1.29 is 4.42 Å². The van der Waals surface area contributed by atoms with Crippen LogP contribution in [0.3, 0.4) is 0 Å². The molecule has 80 valence electrons. The highest BCUT2D eigenvalue weighted by Gasteiger charge is 2.09. The lowest BCUT2D eigenvalue weighted by molar-refractivity contribution is 0.223. The van der Waals surface area contributed by atoms with E-state index in [9.17, 15) is 0 Å². The van der Waals surface area contributed by atoms with Crippen molar-refractivity contribution in [1.29, 1.82) is 0 Å². The Morgan fingerprint density at radius 2 is 2.07 bits per heavy atom. The maximum absolute atomic E-state index is 5.53. The van der Waals surface area contributed by atoms with Gasteiger partial charge in [0.2, 0.25) is 0 Å². The molecule has 0 radical (unpaired) electrons. The number of hydrogen-bond donors (Lipinski definition) is 1. The van der Waals surface area contributed by atoms with E-state index in [0.717, 1.165) is 24.5 Å². The summed E-state index contributed by atoms with van der Waals surface area (Å²) in [4.78, 5) is 2.28. The van der Waals surface area contributed by atoms with Gasteiger partial charge in [0, 0.05) is 6.04 Å². The molecule has 0 aromatic carbocycles. The third-order valence-electron chi connectivity index (χ3n) is 2.67. The molecule has 1 unspecified atom stereocenters. The van der Waals surface area contributed by atoms with Gasteiger partial charge in [-0.1, -0.05) is 6.92 Å². The standard InChI is InChI=1S/C11H20N2O/c1-4-9(2)13(3)8-11-6-5-10(7-12)14-11/h5-6,9H,4,7-8,12H2,1-3H3. The molecule has 1 aromatic rings. The predicted octanol–water partition coefficient (Wildman–Crippen LogP) is 1.97. The molecule has 0 fully saturated rings. The van der Waals surface area contributed by atoms with E-state index in [1.165, 1.54) is 0 Å². The molecule has 14 heavy (non-hydrogen) atoms. The van der Waals surface area contributed by atoms with Gasteiger partial charge in [-0.3, -0.25) is 4.90 Å². The normalized spacial score (nSPS) is 13.5. The molecule has 0 saturated carbocycles. The summed E-state index contributed by atoms with van der Waals surface area (Å²) in [7, 11) is 2.11. The first-order valence-corrected chi connectivity index (χ1v) is 5.15. The van der Waals surface area contributed by atoms with Crippen molar-refractivity contribution in [3.05, 3.63) is 23.7 Å². The van der Waals surface area contributed by atoms with E-state index < -0.39 is 0 Å². The summed E-state index contributed by atoms with van der Waals surface area (Å²) >= 11 is 0. The molecule has 0 amide bonds. The molecule has 1 rings (SSSR count). The largest absolute Gasteiger partial charge is 0.463 e. The fourth-order valence-electron chi connectivity index (χ4n) is 1.33. The minimum Gasteiger partial charge on any atom is -0.463 e. The average Bonchev–Trinajstić information content (AvgIpc) is 2.64. The SMILES string of the molecule is CCC(C)N(C)Cc1ccc(CN)o1. The molecule has 2 N–H and O–H groups in total. The summed E-state index contributed by atoms with van der Waals surface area (Å²) < 4.78 is 5.53. The van der Waals surface area contributed by atoms with Crippen LogP contribution in [-0.4, -0.2) is 18.0 Å². The second-order valence-electron chi connectivity index (χ2n) is 3.74. The smallest absolute Gasteiger partial charge is 0.118 e. The van der Waals surface area contributed by atoms with Gasteiger partial charge in [0.05, 0.1) is 13.1 Å². The maximum atomic E-state index is 5.53. The summed E-state index contributed by atoms with van der Waals surface area (Å²) in [5.41, 5.74) is 5.47. The van der Waals surface area contributed by atoms with Crippen molar-refractivity contribution in [2.24, 2.45) is 5.73 Å². The Bertz CT molecular complexity index is 270. The van der Waals surface area contributed by atoms with Crippen LogP contribution in [0.25, 0.3) is 0 Å². The van der Waals surface area contributed by atoms with Gasteiger partial charge in [0.15, 0.2) is 0 Å². The zero-order valence-electron chi connectivity index (χ0n) is 9.29. The van der Waals surface area contributed by atoms with Crippen molar-refractivity contribution in [3.63, 3.8) is 0 Å². The van der Waals surface area contributed by atoms with Gasteiger partial charge in [-0.05, 0) is 32.5 Å². The lowest BCUT2D eigenvalue weighted by atomic mass is 10.2. The van der Waals surface area contributed by atoms with Crippen molar-refractivity contribution in [2.45, 2.75) is 39.4 Å². The maximum Gasteiger partial charge on any atom is 0.118 e. The third kappa shape index (κ3) is 2.86. The zero-order valence-corrected chi connectivity index (χ0v) is 9.29. The van der Waals surface area contributed by atoms with Crippen LogP contribution in [0, 0.1) is 0 Å². The first-order chi connectivity index (χ1) is 6.67. The lowest BCUT2D eigenvalue weighted by Gasteiger charge is -2.21. The van der Waals surface area contributed by atoms with E-state index in [1.54, 1.807) is 0 Å². The highest BCUT2D eigenvalue weighted by Crippen LogP contribution is 2.11. The van der Waals surface area contributed by atoms with E-state index in [1.807, 2.05) is 12.1 Å². The molecule has 3 nitrogen and oxygen atoms in total. The predicted molar refractivity (Wildman–Crippen MR) is 57.8 cm³/mol. The molecular formula is C11H20N2O. The van der Waals surface area contributed by atoms with Crippen LogP contribution >= 0.6 is 0 Å². The second-order valence-corrected chi connectivity index (χ2v) is 3.74. The minimum atomic E-state index is 0.479. The third-order valence-corrected chi connectivity index (χ3v) is 2.67. The van der Waals surface area contributed by atoms with Crippen LogP contribution in [-0.2, 0) is 13.1 Å². The second kappa shape index (κ2) is 5.17. The molecule has 1 atom stereocenters. The van der Waals surface area contributed by atoms with Crippen molar-refractivity contribution in [2.75, 3.05) is 7.05 Å². The Morgan fingerprint density at radius 3 is 2.57 bits per heavy atom. The fourth-order valence-corrected chi connectivity index (χ4v) is 1.33. The van der Waals surface area contributed by atoms with Crippen LogP contribution in [0.4, 0.5) is 0 Å². The summed E-state index contributed by atoms with van der Waals surface area (Å²) in [6.07, 6.45) is 1.15. The van der Waals surface area contributed by atoms with Gasteiger partial charge >= 0.3 is 0 Å². The molecule has 1 aromatic heterocycles. The number of hydrogen-bond acceptors (Lipinski definition) is 3. The van der Waals surface area contributed by atoms with Gasteiger partial charge in [-0.15, -0.1) is 0 Å². The van der Waals surface area contributed by atoms with Crippen molar-refractivity contribution >= 4 is 0 Å². The molecule has 1 heterocycles. The Labute approximate surface area is 85.9 Å². The van der Waals surface area contributed by atoms with Crippen LogP contribution in [0.15, 0.2) is 16.5 Å². The molecule has 3 heteroatoms. The van der Waals surface area contributed by atoms with E-state index >= 15 is 0 Å². The monoisotopic (exact) mass is 196 g/mol. The van der Waals surface area contributed by atoms with Gasteiger partial charge in [-0.2, -0.15) is 0 Å². The van der Waals surface area contributed by atoms with E-state index in [-0.39, 0.29) is 0 Å². The van der Waals surface area contributed by atoms with Crippen LogP contribution in [0.5, 0.6) is 0 Å². The summed E-state index contributed by atoms with van der Waals surface area (Å²) in [5.74, 6) is 1.85. The first kappa shape index (κ1) is 11.3. The van der Waals surface area contributed by atoms with E-state index in [0.29, 0.717) is 12.6 Å². The molecule has 0 spiro atoms. The summed E-state index contributed by atoms with van der Waals surface area (Å²) in [6, 6.07) is 4.53. The molecule has 0 saturated heterocycles. The first-order valence-electron chi connectivity index (χ1n) is 5.15. The van der Waals surface area contributed by atoms with Gasteiger partial charge in [0.25, 0.3) is 0 Å². The quantitative estimate of drug-likeness (QED) is 0.783. The summed E-state index contributed by atoms with van der Waals surface area (Å²) in [5, 5.41) is 0. The Morgan fingerprint density at radius 1 is 1.43 bits per heavy atom. The summed E-state index contributed by atoms with van der Waals surface area (Å²) in [6.45, 7) is 5.74. The molecule has 0 aliphatic rings. The van der Waals surface area contributed by atoms with E-state index in [2.05, 4.69) is 25.8 Å². The number of nitrogens with two attached hydrogens (primary N) is 1. The molecule has 0 aliphatic heterocycles. The Balaban J connectivity index is 2.51. The lowest BCUT2D eigenvalue weighted by Crippen LogP contribution is -2.27. The highest BCUT2D eigenvalue weighted by atomic mass is 16.3. The van der Waals surface area contributed by atoms with Crippen molar-refractivity contribution in [3.8, 4) is 0 Å². The zero-order chi connectivity index (χ0) is 10.6. The van der Waals surface area contributed by atoms with Gasteiger partial charge in [-0.25, -0.2) is 0 Å². The van der Waals surface area contributed by atoms with Gasteiger partial charge in [0.1, 0.15) is 11.5 Å². The number of rotatable bonds is 5. The van der Waals surface area contributed by atoms with Gasteiger partial charge < -0.3 is 10.2 Å². The molecular weight excluding hydrogens is 176 g/mol. The number of nitrogens with zero attached hydrogens (tertiary/aromatic N) is 1. The Kier molecular flexibility index (Phi) is 4.17. The topological polar surface area (TPSA) is 42.4 Å². The van der Waals surface area contributed by atoms with Crippen LogP contribution < -0.4 is 5.73 Å².